The van der Waals surface area contributed by atoms with E-state index in [2.05, 4.69) is 10.6 Å². The van der Waals surface area contributed by atoms with E-state index in [0.29, 0.717) is 6.54 Å². The Kier molecular flexibility index (Phi) is 6.06. The van der Waals surface area contributed by atoms with Crippen LogP contribution in [0.3, 0.4) is 0 Å². The lowest BCUT2D eigenvalue weighted by Crippen LogP contribution is -2.41. The van der Waals surface area contributed by atoms with Gasteiger partial charge in [0.1, 0.15) is 0 Å². The molecule has 72 valence electrons. The number of amides is 1. The van der Waals surface area contributed by atoms with Crippen molar-refractivity contribution in [2.45, 2.75) is 18.9 Å². The zero-order valence-corrected chi connectivity index (χ0v) is 7.69. The fourth-order valence-electron chi connectivity index (χ4n) is 1.21. The van der Waals surface area contributed by atoms with Gasteiger partial charge in [0.15, 0.2) is 0 Å². The van der Waals surface area contributed by atoms with Crippen molar-refractivity contribution in [3.05, 3.63) is 0 Å². The van der Waals surface area contributed by atoms with Crippen LogP contribution >= 0.6 is 12.4 Å². The molecule has 1 atom stereocenters. The van der Waals surface area contributed by atoms with Gasteiger partial charge in [0.05, 0.1) is 12.6 Å². The van der Waals surface area contributed by atoms with Crippen molar-refractivity contribution in [3.63, 3.8) is 0 Å². The van der Waals surface area contributed by atoms with Crippen molar-refractivity contribution in [3.8, 4) is 0 Å². The van der Waals surface area contributed by atoms with E-state index in [-0.39, 0.29) is 31.0 Å². The van der Waals surface area contributed by atoms with Crippen molar-refractivity contribution in [1.29, 1.82) is 0 Å². The van der Waals surface area contributed by atoms with Crippen molar-refractivity contribution in [2.75, 3.05) is 19.7 Å². The summed E-state index contributed by atoms with van der Waals surface area (Å²) in [6.45, 7) is 1.30. The van der Waals surface area contributed by atoms with Gasteiger partial charge in [0, 0.05) is 6.54 Å². The first-order valence-electron chi connectivity index (χ1n) is 3.96. The van der Waals surface area contributed by atoms with E-state index in [9.17, 15) is 4.79 Å². The summed E-state index contributed by atoms with van der Waals surface area (Å²) in [7, 11) is 0. The van der Waals surface area contributed by atoms with Gasteiger partial charge < -0.3 is 15.7 Å². The molecule has 1 saturated heterocycles. The van der Waals surface area contributed by atoms with Gasteiger partial charge in [0.25, 0.3) is 0 Å². The minimum atomic E-state index is -0.0263. The molecule has 3 N–H and O–H groups in total. The third kappa shape index (κ3) is 3.38. The first-order chi connectivity index (χ1) is 5.34. The molecule has 4 nitrogen and oxygen atoms in total. The van der Waals surface area contributed by atoms with Crippen LogP contribution in [-0.2, 0) is 4.79 Å². The van der Waals surface area contributed by atoms with Crippen LogP contribution in [0, 0.1) is 0 Å². The Morgan fingerprint density at radius 1 is 1.67 bits per heavy atom. The predicted octanol–water partition coefficient (Wildman–Crippen LogP) is -0.731. The topological polar surface area (TPSA) is 61.4 Å². The Balaban J connectivity index is 0.00000121. The summed E-state index contributed by atoms with van der Waals surface area (Å²) in [6, 6.07) is -0.0263. The fourth-order valence-corrected chi connectivity index (χ4v) is 1.21. The molecule has 0 aromatic carbocycles. The van der Waals surface area contributed by atoms with Crippen molar-refractivity contribution in [2.24, 2.45) is 0 Å². The molecule has 1 aliphatic rings. The maximum atomic E-state index is 11.1. The molecule has 0 aliphatic carbocycles. The molecule has 1 heterocycles. The van der Waals surface area contributed by atoms with Crippen LogP contribution in [-0.4, -0.2) is 36.8 Å². The van der Waals surface area contributed by atoms with Crippen LogP contribution in [0.2, 0.25) is 0 Å². The number of carbonyl (C=O) groups is 1. The number of nitrogens with one attached hydrogen (secondary N) is 2. The van der Waals surface area contributed by atoms with Gasteiger partial charge in [0.2, 0.25) is 5.91 Å². The second kappa shape index (κ2) is 6.22. The average Bonchev–Trinajstić information content (AvgIpc) is 2.52. The van der Waals surface area contributed by atoms with Crippen molar-refractivity contribution in [1.82, 2.24) is 10.6 Å². The number of rotatable bonds is 3. The Hall–Kier alpha value is -0.320. The molecule has 5 heteroatoms. The van der Waals surface area contributed by atoms with Gasteiger partial charge in [-0.2, -0.15) is 0 Å². The lowest BCUT2D eigenvalue weighted by molar-refractivity contribution is -0.122. The van der Waals surface area contributed by atoms with E-state index in [1.807, 2.05) is 0 Å². The lowest BCUT2D eigenvalue weighted by Gasteiger charge is -2.09. The van der Waals surface area contributed by atoms with E-state index in [0.717, 1.165) is 19.4 Å². The summed E-state index contributed by atoms with van der Waals surface area (Å²) in [5.74, 6) is 0.0107. The molecule has 0 spiro atoms. The molecule has 0 aromatic heterocycles. The van der Waals surface area contributed by atoms with E-state index in [1.54, 1.807) is 0 Å². The quantitative estimate of drug-likeness (QED) is 0.555. The molecular formula is C7H15ClN2O2. The number of carbonyl (C=O) groups excluding carboxylic acids is 1. The van der Waals surface area contributed by atoms with Crippen LogP contribution in [0.5, 0.6) is 0 Å². The summed E-state index contributed by atoms with van der Waals surface area (Å²) in [6.07, 6.45) is 1.98. The first kappa shape index (κ1) is 11.7. The zero-order valence-electron chi connectivity index (χ0n) is 6.88. The molecule has 0 bridgehead atoms. The lowest BCUT2D eigenvalue weighted by atomic mass is 10.2. The summed E-state index contributed by atoms with van der Waals surface area (Å²) in [4.78, 5) is 11.1. The number of aliphatic hydroxyl groups is 1. The summed E-state index contributed by atoms with van der Waals surface area (Å²) in [5, 5.41) is 14.1. The molecule has 0 saturated carbocycles. The molecule has 1 rings (SSSR count). The largest absolute Gasteiger partial charge is 0.395 e. The van der Waals surface area contributed by atoms with Gasteiger partial charge >= 0.3 is 0 Å². The van der Waals surface area contributed by atoms with Crippen LogP contribution in [0.1, 0.15) is 12.8 Å². The van der Waals surface area contributed by atoms with Gasteiger partial charge in [-0.1, -0.05) is 0 Å². The fraction of sp³-hybridized carbons (Fsp3) is 0.857. The molecule has 1 unspecified atom stereocenters. The van der Waals surface area contributed by atoms with Crippen LogP contribution in [0.4, 0.5) is 0 Å². The highest BCUT2D eigenvalue weighted by atomic mass is 35.5. The van der Waals surface area contributed by atoms with Gasteiger partial charge in [-0.15, -0.1) is 12.4 Å². The number of aliphatic hydroxyl groups excluding tert-OH is 1. The molecule has 1 amide bonds. The van der Waals surface area contributed by atoms with Gasteiger partial charge in [-0.05, 0) is 19.4 Å². The highest BCUT2D eigenvalue weighted by molar-refractivity contribution is 5.85. The molecule has 1 aliphatic heterocycles. The van der Waals surface area contributed by atoms with Crippen LogP contribution in [0.15, 0.2) is 0 Å². The molecule has 0 aromatic rings. The zero-order chi connectivity index (χ0) is 8.10. The van der Waals surface area contributed by atoms with Crippen molar-refractivity contribution >= 4 is 18.3 Å². The third-order valence-corrected chi connectivity index (χ3v) is 1.79. The second-order valence-electron chi connectivity index (χ2n) is 2.66. The van der Waals surface area contributed by atoms with Crippen LogP contribution < -0.4 is 10.6 Å². The monoisotopic (exact) mass is 194 g/mol. The summed E-state index contributed by atoms with van der Waals surface area (Å²) >= 11 is 0. The Morgan fingerprint density at radius 2 is 2.42 bits per heavy atom. The second-order valence-corrected chi connectivity index (χ2v) is 2.66. The average molecular weight is 195 g/mol. The predicted molar refractivity (Wildman–Crippen MR) is 48.4 cm³/mol. The first-order valence-corrected chi connectivity index (χ1v) is 3.96. The van der Waals surface area contributed by atoms with Gasteiger partial charge in [-0.25, -0.2) is 0 Å². The highest BCUT2D eigenvalue weighted by Crippen LogP contribution is 2.03. The van der Waals surface area contributed by atoms with Crippen LogP contribution in [0.25, 0.3) is 0 Å². The van der Waals surface area contributed by atoms with E-state index < -0.39 is 0 Å². The minimum absolute atomic E-state index is 0. The van der Waals surface area contributed by atoms with Crippen molar-refractivity contribution < 1.29 is 9.90 Å². The summed E-state index contributed by atoms with van der Waals surface area (Å²) < 4.78 is 0. The third-order valence-electron chi connectivity index (χ3n) is 1.79. The molecule has 1 fully saturated rings. The Bertz CT molecular complexity index is 137. The number of hydrogen-bond acceptors (Lipinski definition) is 3. The maximum Gasteiger partial charge on any atom is 0.237 e. The smallest absolute Gasteiger partial charge is 0.237 e. The van der Waals surface area contributed by atoms with E-state index in [4.69, 9.17) is 5.11 Å². The van der Waals surface area contributed by atoms with E-state index >= 15 is 0 Å². The number of hydrogen-bond donors (Lipinski definition) is 3. The Labute approximate surface area is 78.1 Å². The normalized spacial score (nSPS) is 21.6. The SMILES string of the molecule is Cl.O=C(NCCO)C1CCCN1. The minimum Gasteiger partial charge on any atom is -0.395 e. The van der Waals surface area contributed by atoms with Gasteiger partial charge in [-0.3, -0.25) is 4.79 Å². The Morgan fingerprint density at radius 3 is 2.92 bits per heavy atom. The molecule has 12 heavy (non-hydrogen) atoms. The molecular weight excluding hydrogens is 180 g/mol. The highest BCUT2D eigenvalue weighted by Gasteiger charge is 2.20. The molecule has 0 radical (unpaired) electrons. The number of halogens is 1. The summed E-state index contributed by atoms with van der Waals surface area (Å²) in [5.41, 5.74) is 0. The van der Waals surface area contributed by atoms with E-state index in [1.165, 1.54) is 0 Å². The maximum absolute atomic E-state index is 11.1. The standard InChI is InChI=1S/C7H14N2O2.ClH/c10-5-4-9-7(11)6-2-1-3-8-6;/h6,8,10H,1-5H2,(H,9,11);1H.